The number of aromatic nitrogens is 1. The van der Waals surface area contributed by atoms with Crippen LogP contribution in [0.1, 0.15) is 87.3 Å². The summed E-state index contributed by atoms with van der Waals surface area (Å²) in [5.41, 5.74) is 6.74. The standard InChI is InChI=1S/C38H46N4O5S/c1-40-17-7-10-23-19-41(21-31(23)40)38(44)27-12-6-11-26-33(27)30-18-28-32(47-2)16-15-25(22-8-4-3-5-9-22)36(28)42(30)20-29-34(26)35(29)37(43)39-48(45,46)24-13-14-24/h6,11,15-16,18,22-24,27,31,33H,3-5,7-10,12-14,17,19-21H2,1-2H3,(H,39,43)/t23?,27-,31?,33?/m1/s1. The number of hydrogen-bond donors (Lipinski definition) is 1. The number of fused-ring (bicyclic) bond motifs is 7. The normalized spacial score (nSPS) is 28.9. The third kappa shape index (κ3) is 4.83. The molecule has 0 spiro atoms. The highest BCUT2D eigenvalue weighted by atomic mass is 32.2. The molecule has 1 aromatic carbocycles. The number of allylic oxidation sites excluding steroid dienone is 4. The van der Waals surface area contributed by atoms with Gasteiger partial charge in [0.15, 0.2) is 0 Å². The van der Waals surface area contributed by atoms with Crippen molar-refractivity contribution in [2.75, 3.05) is 33.8 Å². The Bertz CT molecular complexity index is 1930. The summed E-state index contributed by atoms with van der Waals surface area (Å²) < 4.78 is 36.5. The largest absolute Gasteiger partial charge is 0.496 e. The predicted octanol–water partition coefficient (Wildman–Crippen LogP) is 5.14. The van der Waals surface area contributed by atoms with Crippen molar-refractivity contribution in [2.24, 2.45) is 11.8 Å². The molecule has 2 saturated carbocycles. The van der Waals surface area contributed by atoms with Crippen LogP contribution in [0.5, 0.6) is 5.75 Å². The van der Waals surface area contributed by atoms with E-state index in [1.54, 1.807) is 7.11 Å². The molecule has 2 amide bonds. The van der Waals surface area contributed by atoms with E-state index in [1.165, 1.54) is 31.2 Å². The fraction of sp³-hybridized carbons (Fsp3) is 0.579. The molecular weight excluding hydrogens is 625 g/mol. The highest BCUT2D eigenvalue weighted by molar-refractivity contribution is 7.91. The lowest BCUT2D eigenvalue weighted by Crippen LogP contribution is -2.43. The minimum Gasteiger partial charge on any atom is -0.496 e. The minimum atomic E-state index is -3.70. The Hall–Kier alpha value is -3.37. The van der Waals surface area contributed by atoms with Gasteiger partial charge in [0, 0.05) is 42.7 Å². The van der Waals surface area contributed by atoms with Crippen molar-refractivity contribution in [3.05, 3.63) is 63.9 Å². The van der Waals surface area contributed by atoms with Crippen LogP contribution >= 0.6 is 0 Å². The summed E-state index contributed by atoms with van der Waals surface area (Å²) in [6.07, 6.45) is 14.3. The summed E-state index contributed by atoms with van der Waals surface area (Å²) in [6.45, 7) is 3.11. The van der Waals surface area contributed by atoms with Gasteiger partial charge in [0.2, 0.25) is 15.9 Å². The first-order chi connectivity index (χ1) is 23.2. The molecule has 48 heavy (non-hydrogen) atoms. The molecule has 4 atom stereocenters. The van der Waals surface area contributed by atoms with Crippen LogP contribution in [0, 0.1) is 11.8 Å². The number of hydrogen-bond acceptors (Lipinski definition) is 6. The van der Waals surface area contributed by atoms with E-state index in [1.807, 2.05) is 0 Å². The number of likely N-dealkylation sites (N-methyl/N-ethyl adjacent to an activating group) is 1. The van der Waals surface area contributed by atoms with Crippen LogP contribution in [-0.4, -0.2) is 79.7 Å². The second-order valence-electron chi connectivity index (χ2n) is 15.4. The summed E-state index contributed by atoms with van der Waals surface area (Å²) in [6, 6.07) is 6.99. The molecule has 0 radical (unpaired) electrons. The topological polar surface area (TPSA) is 101 Å². The van der Waals surface area contributed by atoms with Crippen molar-refractivity contribution in [1.82, 2.24) is 19.1 Å². The molecule has 9 nitrogen and oxygen atoms in total. The van der Waals surface area contributed by atoms with Crippen LogP contribution in [-0.2, 0) is 26.2 Å². The third-order valence-electron chi connectivity index (χ3n) is 12.6. The van der Waals surface area contributed by atoms with Gasteiger partial charge in [0.1, 0.15) is 5.75 Å². The summed E-state index contributed by atoms with van der Waals surface area (Å²) in [5.74, 6) is 0.855. The molecular formula is C38H46N4O5S. The number of piperidine rings is 1. The SMILES string of the molecule is COc1ccc(C2CCCCC2)c2c1cc1n2CC2=C(C(=O)NS(=O)(=O)C3CC3)C2=C2C=CC[C@@H](C(=O)N3CC4CCCN(C)C4C3)C21. The maximum Gasteiger partial charge on any atom is 0.265 e. The molecule has 2 aromatic rings. The number of carbonyl (C=O) groups is 2. The molecule has 3 aliphatic heterocycles. The molecule has 254 valence electrons. The molecule has 4 fully saturated rings. The lowest BCUT2D eigenvalue weighted by molar-refractivity contribution is -0.135. The number of likely N-dealkylation sites (tertiary alicyclic amines) is 2. The summed E-state index contributed by atoms with van der Waals surface area (Å²) in [5, 5.41) is 0.572. The zero-order valence-electron chi connectivity index (χ0n) is 28.0. The summed E-state index contributed by atoms with van der Waals surface area (Å²) in [7, 11) is 0.204. The van der Waals surface area contributed by atoms with Crippen molar-refractivity contribution < 1.29 is 22.7 Å². The molecule has 10 heteroatoms. The maximum absolute atomic E-state index is 14.7. The Morgan fingerprint density at radius 1 is 1.00 bits per heavy atom. The molecule has 4 heterocycles. The number of nitrogens with one attached hydrogen (secondary N) is 1. The van der Waals surface area contributed by atoms with Gasteiger partial charge in [0.25, 0.3) is 5.91 Å². The quantitative estimate of drug-likeness (QED) is 0.457. The molecule has 1 N–H and O–H groups in total. The first kappa shape index (κ1) is 30.7. The first-order valence-corrected chi connectivity index (χ1v) is 19.7. The molecule has 4 aliphatic carbocycles. The fourth-order valence-corrected chi connectivity index (χ4v) is 11.3. The zero-order chi connectivity index (χ0) is 32.9. The van der Waals surface area contributed by atoms with Gasteiger partial charge in [-0.25, -0.2) is 13.1 Å². The van der Waals surface area contributed by atoms with E-state index in [-0.39, 0.29) is 17.7 Å². The van der Waals surface area contributed by atoms with Crippen LogP contribution in [0.4, 0.5) is 0 Å². The Morgan fingerprint density at radius 2 is 1.81 bits per heavy atom. The average Bonchev–Trinajstić information content (AvgIpc) is 3.99. The van der Waals surface area contributed by atoms with E-state index in [0.29, 0.717) is 49.3 Å². The molecule has 3 unspecified atom stereocenters. The second-order valence-corrected chi connectivity index (χ2v) is 17.3. The highest BCUT2D eigenvalue weighted by Crippen LogP contribution is 2.55. The Morgan fingerprint density at radius 3 is 2.56 bits per heavy atom. The number of methoxy groups -OCH3 is 1. The number of sulfonamides is 1. The fourth-order valence-electron chi connectivity index (χ4n) is 9.97. The number of benzene rings is 1. The Balaban J connectivity index is 1.18. The molecule has 1 aromatic heterocycles. The van der Waals surface area contributed by atoms with E-state index in [2.05, 4.69) is 56.5 Å². The van der Waals surface area contributed by atoms with Gasteiger partial charge in [-0.1, -0.05) is 37.5 Å². The van der Waals surface area contributed by atoms with Gasteiger partial charge in [-0.2, -0.15) is 0 Å². The third-order valence-corrected chi connectivity index (χ3v) is 14.4. The molecule has 9 rings (SSSR count). The van der Waals surface area contributed by atoms with Gasteiger partial charge >= 0.3 is 0 Å². The van der Waals surface area contributed by atoms with Crippen LogP contribution in [0.2, 0.25) is 0 Å². The van der Waals surface area contributed by atoms with Gasteiger partial charge < -0.3 is 19.1 Å². The molecule has 2 saturated heterocycles. The second kappa shape index (κ2) is 11.3. The van der Waals surface area contributed by atoms with Crippen molar-refractivity contribution >= 4 is 32.7 Å². The summed E-state index contributed by atoms with van der Waals surface area (Å²) in [4.78, 5) is 33.0. The van der Waals surface area contributed by atoms with E-state index in [4.69, 9.17) is 4.74 Å². The van der Waals surface area contributed by atoms with Crippen molar-refractivity contribution in [3.63, 3.8) is 0 Å². The van der Waals surface area contributed by atoms with E-state index < -0.39 is 21.2 Å². The maximum atomic E-state index is 14.7. The van der Waals surface area contributed by atoms with Crippen LogP contribution in [0.25, 0.3) is 10.9 Å². The first-order valence-electron chi connectivity index (χ1n) is 18.1. The number of carbonyl (C=O) groups excluding carboxylic acids is 2. The Kier molecular flexibility index (Phi) is 7.24. The summed E-state index contributed by atoms with van der Waals surface area (Å²) >= 11 is 0. The minimum absolute atomic E-state index is 0.188. The van der Waals surface area contributed by atoms with Crippen molar-refractivity contribution in [3.8, 4) is 5.75 Å². The van der Waals surface area contributed by atoms with Crippen molar-refractivity contribution in [1.29, 1.82) is 0 Å². The van der Waals surface area contributed by atoms with Crippen LogP contribution in [0.3, 0.4) is 0 Å². The molecule has 0 bridgehead atoms. The van der Waals surface area contributed by atoms with E-state index in [0.717, 1.165) is 78.0 Å². The van der Waals surface area contributed by atoms with E-state index >= 15 is 0 Å². The lowest BCUT2D eigenvalue weighted by Gasteiger charge is -2.34. The lowest BCUT2D eigenvalue weighted by atomic mass is 9.76. The number of rotatable bonds is 6. The van der Waals surface area contributed by atoms with Crippen LogP contribution < -0.4 is 9.46 Å². The van der Waals surface area contributed by atoms with Crippen LogP contribution in [0.15, 0.2) is 52.6 Å². The van der Waals surface area contributed by atoms with E-state index in [9.17, 15) is 18.0 Å². The van der Waals surface area contributed by atoms with Gasteiger partial charge in [-0.05, 0) is 105 Å². The number of ether oxygens (including phenoxy) is 1. The number of nitrogens with zero attached hydrogens (tertiary/aromatic N) is 3. The van der Waals surface area contributed by atoms with Crippen molar-refractivity contribution in [2.45, 2.75) is 93.9 Å². The van der Waals surface area contributed by atoms with Gasteiger partial charge in [-0.3, -0.25) is 9.59 Å². The monoisotopic (exact) mass is 670 g/mol. The average molecular weight is 671 g/mol. The zero-order valence-corrected chi connectivity index (χ0v) is 28.9. The smallest absolute Gasteiger partial charge is 0.265 e. The Labute approximate surface area is 283 Å². The molecule has 7 aliphatic rings. The predicted molar refractivity (Wildman–Crippen MR) is 184 cm³/mol. The van der Waals surface area contributed by atoms with Gasteiger partial charge in [0.05, 0.1) is 29.4 Å². The number of amides is 2. The van der Waals surface area contributed by atoms with Gasteiger partial charge in [-0.15, -0.1) is 0 Å². The highest BCUT2D eigenvalue weighted by Gasteiger charge is 2.50.